The molecule has 3 fully saturated rings. The van der Waals surface area contributed by atoms with Crippen LogP contribution in [0.25, 0.3) is 0 Å². The third kappa shape index (κ3) is 2.87. The highest BCUT2D eigenvalue weighted by Crippen LogP contribution is 2.28. The zero-order chi connectivity index (χ0) is 16.5. The Kier molecular flexibility index (Phi) is 4.17. The van der Waals surface area contributed by atoms with Crippen LogP contribution < -0.4 is 10.2 Å². The van der Waals surface area contributed by atoms with Crippen LogP contribution in [0.5, 0.6) is 0 Å². The van der Waals surface area contributed by atoms with Gasteiger partial charge in [-0.25, -0.2) is 0 Å². The molecule has 3 aliphatic rings. The van der Waals surface area contributed by atoms with Gasteiger partial charge in [-0.1, -0.05) is 18.6 Å². The number of rotatable bonds is 2. The maximum absolute atomic E-state index is 13.2. The Labute approximate surface area is 143 Å². The molecule has 0 radical (unpaired) electrons. The Morgan fingerprint density at radius 2 is 1.83 bits per heavy atom. The monoisotopic (exact) mass is 327 g/mol. The van der Waals surface area contributed by atoms with Crippen molar-refractivity contribution >= 4 is 17.5 Å². The topological polar surface area (TPSA) is 52.7 Å². The minimum Gasteiger partial charge on any atom is -0.371 e. The van der Waals surface area contributed by atoms with Crippen molar-refractivity contribution in [3.8, 4) is 0 Å². The Bertz CT molecular complexity index is 639. The lowest BCUT2D eigenvalue weighted by molar-refractivity contribution is -0.124. The zero-order valence-corrected chi connectivity index (χ0v) is 14.0. The molecule has 3 heterocycles. The Hall–Kier alpha value is -2.04. The zero-order valence-electron chi connectivity index (χ0n) is 14.0. The summed E-state index contributed by atoms with van der Waals surface area (Å²) in [5.74, 6) is 0.145. The van der Waals surface area contributed by atoms with Gasteiger partial charge in [-0.2, -0.15) is 0 Å². The standard InChI is InChI=1S/C19H25N3O2/c23-18-14-6-5-7-15(20-18)13-22(12-14)19(24)16-8-1-2-9-17(16)21-10-3-4-11-21/h1-2,8-9,14-15H,3-7,10-13H2,(H,20,23). The van der Waals surface area contributed by atoms with Crippen LogP contribution in [0.2, 0.25) is 0 Å². The number of likely N-dealkylation sites (tertiary alicyclic amines) is 1. The lowest BCUT2D eigenvalue weighted by Gasteiger charge is -2.29. The van der Waals surface area contributed by atoms with Crippen LogP contribution >= 0.6 is 0 Å². The predicted molar refractivity (Wildman–Crippen MR) is 93.1 cm³/mol. The molecule has 3 saturated heterocycles. The van der Waals surface area contributed by atoms with E-state index in [1.54, 1.807) is 0 Å². The molecule has 24 heavy (non-hydrogen) atoms. The van der Waals surface area contributed by atoms with Crippen molar-refractivity contribution in [2.45, 2.75) is 38.1 Å². The first-order chi connectivity index (χ1) is 11.7. The Balaban J connectivity index is 1.61. The highest BCUT2D eigenvalue weighted by molar-refractivity contribution is 6.00. The third-order valence-electron chi connectivity index (χ3n) is 5.57. The first kappa shape index (κ1) is 15.5. The molecule has 128 valence electrons. The van der Waals surface area contributed by atoms with Crippen LogP contribution in [0.1, 0.15) is 42.5 Å². The van der Waals surface area contributed by atoms with E-state index in [-0.39, 0.29) is 23.8 Å². The molecule has 1 N–H and O–H groups in total. The van der Waals surface area contributed by atoms with E-state index < -0.39 is 0 Å². The second-order valence-corrected chi connectivity index (χ2v) is 7.25. The molecular weight excluding hydrogens is 302 g/mol. The van der Waals surface area contributed by atoms with Gasteiger partial charge in [-0.15, -0.1) is 0 Å². The van der Waals surface area contributed by atoms with Crippen molar-refractivity contribution in [1.29, 1.82) is 0 Å². The average molecular weight is 327 g/mol. The molecule has 4 rings (SSSR count). The summed E-state index contributed by atoms with van der Waals surface area (Å²) in [7, 11) is 0. The molecule has 5 heteroatoms. The number of para-hydroxylation sites is 1. The number of carbonyl (C=O) groups is 2. The van der Waals surface area contributed by atoms with E-state index in [1.165, 1.54) is 12.8 Å². The third-order valence-corrected chi connectivity index (χ3v) is 5.57. The van der Waals surface area contributed by atoms with Crippen molar-refractivity contribution in [3.05, 3.63) is 29.8 Å². The van der Waals surface area contributed by atoms with Crippen LogP contribution in [0, 0.1) is 5.92 Å². The van der Waals surface area contributed by atoms with Crippen LogP contribution in [0.15, 0.2) is 24.3 Å². The lowest BCUT2D eigenvalue weighted by atomic mass is 9.98. The number of nitrogens with zero attached hydrogens (tertiary/aromatic N) is 2. The summed E-state index contributed by atoms with van der Waals surface area (Å²) in [6.07, 6.45) is 5.31. The average Bonchev–Trinajstić information content (AvgIpc) is 2.99. The number of nitrogens with one attached hydrogen (secondary N) is 1. The second-order valence-electron chi connectivity index (χ2n) is 7.25. The van der Waals surface area contributed by atoms with Gasteiger partial charge in [0.25, 0.3) is 5.91 Å². The fourth-order valence-electron chi connectivity index (χ4n) is 4.28. The minimum absolute atomic E-state index is 0.0552. The van der Waals surface area contributed by atoms with E-state index in [4.69, 9.17) is 0 Å². The van der Waals surface area contributed by atoms with E-state index in [9.17, 15) is 9.59 Å². The number of carbonyl (C=O) groups excluding carboxylic acids is 2. The number of fused-ring (bicyclic) bond motifs is 3. The summed E-state index contributed by atoms with van der Waals surface area (Å²) in [5, 5.41) is 3.10. The quantitative estimate of drug-likeness (QED) is 0.904. The van der Waals surface area contributed by atoms with Crippen molar-refractivity contribution in [2.24, 2.45) is 5.92 Å². The van der Waals surface area contributed by atoms with Gasteiger partial charge < -0.3 is 15.1 Å². The lowest BCUT2D eigenvalue weighted by Crippen LogP contribution is -2.42. The largest absolute Gasteiger partial charge is 0.371 e. The minimum atomic E-state index is -0.0552. The van der Waals surface area contributed by atoms with Gasteiger partial charge in [0.15, 0.2) is 0 Å². The molecule has 1 aromatic carbocycles. The van der Waals surface area contributed by atoms with Crippen LogP contribution in [-0.2, 0) is 4.79 Å². The van der Waals surface area contributed by atoms with Gasteiger partial charge in [0.2, 0.25) is 5.91 Å². The smallest absolute Gasteiger partial charge is 0.256 e. The molecule has 0 saturated carbocycles. The first-order valence-corrected chi connectivity index (χ1v) is 9.16. The summed E-state index contributed by atoms with van der Waals surface area (Å²) in [6.45, 7) is 3.23. The van der Waals surface area contributed by atoms with Crippen molar-refractivity contribution in [1.82, 2.24) is 10.2 Å². The molecule has 2 amide bonds. The summed E-state index contributed by atoms with van der Waals surface area (Å²) in [5.41, 5.74) is 1.83. The summed E-state index contributed by atoms with van der Waals surface area (Å²) >= 11 is 0. The molecule has 0 aromatic heterocycles. The van der Waals surface area contributed by atoms with E-state index in [0.29, 0.717) is 13.1 Å². The Morgan fingerprint density at radius 3 is 2.67 bits per heavy atom. The summed E-state index contributed by atoms with van der Waals surface area (Å²) in [4.78, 5) is 29.7. The van der Waals surface area contributed by atoms with E-state index >= 15 is 0 Å². The fourth-order valence-corrected chi connectivity index (χ4v) is 4.28. The highest BCUT2D eigenvalue weighted by atomic mass is 16.2. The fraction of sp³-hybridized carbons (Fsp3) is 0.579. The summed E-state index contributed by atoms with van der Waals surface area (Å²) in [6, 6.07) is 8.04. The number of hydrogen-bond acceptors (Lipinski definition) is 3. The van der Waals surface area contributed by atoms with Crippen molar-refractivity contribution in [3.63, 3.8) is 0 Å². The Morgan fingerprint density at radius 1 is 1.04 bits per heavy atom. The molecule has 5 nitrogen and oxygen atoms in total. The summed E-state index contributed by atoms with van der Waals surface area (Å²) < 4.78 is 0. The molecular formula is C19H25N3O2. The predicted octanol–water partition coefficient (Wildman–Crippen LogP) is 2.03. The molecule has 3 aliphatic heterocycles. The van der Waals surface area contributed by atoms with Gasteiger partial charge in [-0.3, -0.25) is 9.59 Å². The number of hydrogen-bond donors (Lipinski definition) is 1. The maximum atomic E-state index is 13.2. The van der Waals surface area contributed by atoms with Gasteiger partial charge in [-0.05, 0) is 37.8 Å². The van der Waals surface area contributed by atoms with Gasteiger partial charge >= 0.3 is 0 Å². The molecule has 2 unspecified atom stereocenters. The second kappa shape index (κ2) is 6.46. The van der Waals surface area contributed by atoms with Crippen molar-refractivity contribution < 1.29 is 9.59 Å². The number of amides is 2. The van der Waals surface area contributed by atoms with E-state index in [2.05, 4.69) is 16.3 Å². The SMILES string of the molecule is O=C1NC2CCCC1CN(C(=O)c1ccccc1N1CCCC1)C2. The van der Waals surface area contributed by atoms with Crippen molar-refractivity contribution in [2.75, 3.05) is 31.1 Å². The molecule has 0 spiro atoms. The molecule has 0 aliphatic carbocycles. The van der Waals surface area contributed by atoms with E-state index in [0.717, 1.165) is 43.6 Å². The molecule has 2 atom stereocenters. The van der Waals surface area contributed by atoms with Crippen LogP contribution in [-0.4, -0.2) is 48.9 Å². The van der Waals surface area contributed by atoms with Gasteiger partial charge in [0.05, 0.1) is 11.5 Å². The highest BCUT2D eigenvalue weighted by Gasteiger charge is 2.35. The number of benzene rings is 1. The first-order valence-electron chi connectivity index (χ1n) is 9.16. The van der Waals surface area contributed by atoms with Crippen LogP contribution in [0.3, 0.4) is 0 Å². The molecule has 1 aromatic rings. The molecule has 2 bridgehead atoms. The van der Waals surface area contributed by atoms with Crippen LogP contribution in [0.4, 0.5) is 5.69 Å². The number of anilines is 1. The maximum Gasteiger partial charge on any atom is 0.256 e. The normalized spacial score (nSPS) is 26.9. The van der Waals surface area contributed by atoms with Gasteiger partial charge in [0, 0.05) is 37.9 Å². The van der Waals surface area contributed by atoms with E-state index in [1.807, 2.05) is 23.1 Å². The van der Waals surface area contributed by atoms with Gasteiger partial charge in [0.1, 0.15) is 0 Å².